The molecular weight excluding hydrogens is 330 g/mol. The van der Waals surface area contributed by atoms with Gasteiger partial charge in [-0.25, -0.2) is 9.59 Å². The second-order valence-corrected chi connectivity index (χ2v) is 7.63. The second kappa shape index (κ2) is 5.81. The first-order chi connectivity index (χ1) is 11.2. The molecule has 2 aliphatic rings. The van der Waals surface area contributed by atoms with Crippen LogP contribution in [0.2, 0.25) is 5.02 Å². The third-order valence-electron chi connectivity index (χ3n) is 4.35. The van der Waals surface area contributed by atoms with Crippen LogP contribution in [-0.4, -0.2) is 28.8 Å². The van der Waals surface area contributed by atoms with E-state index < -0.39 is 23.7 Å². The lowest BCUT2D eigenvalue weighted by Crippen LogP contribution is -2.54. The van der Waals surface area contributed by atoms with E-state index in [1.807, 2.05) is 12.2 Å². The van der Waals surface area contributed by atoms with Crippen LogP contribution in [0, 0.1) is 5.92 Å². The minimum Gasteiger partial charge on any atom is -0.480 e. The van der Waals surface area contributed by atoms with E-state index in [1.165, 1.54) is 4.90 Å². The topological polar surface area (TPSA) is 66.8 Å². The Balaban J connectivity index is 2.12. The summed E-state index contributed by atoms with van der Waals surface area (Å²) in [4.78, 5) is 26.0. The average molecular weight is 350 g/mol. The lowest BCUT2D eigenvalue weighted by Gasteiger charge is -2.42. The van der Waals surface area contributed by atoms with E-state index in [2.05, 4.69) is 0 Å². The van der Waals surface area contributed by atoms with Gasteiger partial charge in [-0.3, -0.25) is 4.90 Å². The molecule has 3 atom stereocenters. The number of amides is 1. The summed E-state index contributed by atoms with van der Waals surface area (Å²) in [5.41, 5.74) is 0.704. The first-order valence-electron chi connectivity index (χ1n) is 7.90. The maximum Gasteiger partial charge on any atom is 0.415 e. The Labute approximate surface area is 145 Å². The Morgan fingerprint density at radius 2 is 2.04 bits per heavy atom. The highest BCUT2D eigenvalue weighted by molar-refractivity contribution is 6.30. The number of nitrogens with zero attached hydrogens (tertiary/aromatic N) is 1. The van der Waals surface area contributed by atoms with E-state index >= 15 is 0 Å². The molecule has 1 heterocycles. The molecular formula is C18H20ClNO4. The number of ether oxygens (including phenoxy) is 1. The molecule has 1 amide bonds. The van der Waals surface area contributed by atoms with Crippen molar-refractivity contribution in [2.24, 2.45) is 5.92 Å². The molecule has 128 valence electrons. The van der Waals surface area contributed by atoms with Crippen LogP contribution >= 0.6 is 11.6 Å². The van der Waals surface area contributed by atoms with E-state index in [-0.39, 0.29) is 11.8 Å². The number of aliphatic carboxylic acids is 1. The molecule has 0 saturated heterocycles. The molecule has 1 aliphatic carbocycles. The van der Waals surface area contributed by atoms with E-state index in [0.29, 0.717) is 17.1 Å². The molecule has 1 aliphatic heterocycles. The van der Waals surface area contributed by atoms with Gasteiger partial charge in [-0.15, -0.1) is 0 Å². The molecule has 0 unspecified atom stereocenters. The first-order valence-corrected chi connectivity index (χ1v) is 8.28. The molecule has 3 rings (SSSR count). The summed E-state index contributed by atoms with van der Waals surface area (Å²) in [7, 11) is 0. The number of anilines is 1. The van der Waals surface area contributed by atoms with Crippen molar-refractivity contribution in [2.75, 3.05) is 4.90 Å². The van der Waals surface area contributed by atoms with Gasteiger partial charge in [0.25, 0.3) is 0 Å². The van der Waals surface area contributed by atoms with Gasteiger partial charge < -0.3 is 9.84 Å². The van der Waals surface area contributed by atoms with Gasteiger partial charge in [0.05, 0.1) is 5.69 Å². The Kier molecular flexibility index (Phi) is 4.08. The number of halogens is 1. The van der Waals surface area contributed by atoms with E-state index in [1.54, 1.807) is 39.0 Å². The molecule has 24 heavy (non-hydrogen) atoms. The van der Waals surface area contributed by atoms with Crippen LogP contribution in [-0.2, 0) is 9.53 Å². The monoisotopic (exact) mass is 349 g/mol. The zero-order valence-electron chi connectivity index (χ0n) is 13.8. The summed E-state index contributed by atoms with van der Waals surface area (Å²) in [5.74, 6) is -1.31. The number of carboxylic acids is 1. The fourth-order valence-corrected chi connectivity index (χ4v) is 3.68. The van der Waals surface area contributed by atoms with Crippen LogP contribution in [0.4, 0.5) is 10.5 Å². The highest BCUT2D eigenvalue weighted by Crippen LogP contribution is 2.48. The molecule has 5 nitrogen and oxygen atoms in total. The van der Waals surface area contributed by atoms with Crippen molar-refractivity contribution in [3.8, 4) is 0 Å². The van der Waals surface area contributed by atoms with Crippen molar-refractivity contribution in [3.05, 3.63) is 40.9 Å². The normalized spacial score (nSPS) is 25.2. The Hall–Kier alpha value is -2.01. The summed E-state index contributed by atoms with van der Waals surface area (Å²) >= 11 is 6.12. The maximum atomic E-state index is 12.8. The van der Waals surface area contributed by atoms with Crippen molar-refractivity contribution in [1.29, 1.82) is 0 Å². The van der Waals surface area contributed by atoms with E-state index in [4.69, 9.17) is 16.3 Å². The molecule has 1 aromatic rings. The fourth-order valence-electron chi connectivity index (χ4n) is 3.50. The predicted molar refractivity (Wildman–Crippen MR) is 91.6 cm³/mol. The first kappa shape index (κ1) is 16.8. The Bertz CT molecular complexity index is 722. The quantitative estimate of drug-likeness (QED) is 0.771. The summed E-state index contributed by atoms with van der Waals surface area (Å²) in [5, 5.41) is 10.3. The zero-order valence-corrected chi connectivity index (χ0v) is 14.6. The second-order valence-electron chi connectivity index (χ2n) is 7.19. The van der Waals surface area contributed by atoms with Gasteiger partial charge in [-0.05, 0) is 51.0 Å². The Morgan fingerprint density at radius 1 is 1.33 bits per heavy atom. The number of carboxylic acid groups (broad SMARTS) is 1. The number of carbonyl (C=O) groups is 2. The van der Waals surface area contributed by atoms with Crippen molar-refractivity contribution in [3.63, 3.8) is 0 Å². The number of rotatable bonds is 1. The number of carbonyl (C=O) groups excluding carboxylic acids is 1. The average Bonchev–Trinajstić information content (AvgIpc) is 2.92. The van der Waals surface area contributed by atoms with Crippen LogP contribution in [0.5, 0.6) is 0 Å². The standard InChI is InChI=1S/C18H20ClNO4/c1-18(2,3)24-17(23)20-14-8-7-10(19)9-13(14)11-5-4-6-12(11)15(20)16(21)22/h4-5,7-9,11-12,15H,6H2,1-3H3,(H,21,22)/t11-,12+,15-/m0/s1. The van der Waals surface area contributed by atoms with Gasteiger partial charge >= 0.3 is 12.1 Å². The summed E-state index contributed by atoms with van der Waals surface area (Å²) < 4.78 is 5.46. The molecule has 0 aromatic heterocycles. The van der Waals surface area contributed by atoms with Gasteiger partial charge in [0.15, 0.2) is 0 Å². The molecule has 0 fully saturated rings. The summed E-state index contributed by atoms with van der Waals surface area (Å²) in [6.07, 6.45) is 3.92. The van der Waals surface area contributed by atoms with Gasteiger partial charge in [-0.2, -0.15) is 0 Å². The van der Waals surface area contributed by atoms with Crippen LogP contribution in [0.1, 0.15) is 38.7 Å². The Morgan fingerprint density at radius 3 is 2.67 bits per heavy atom. The van der Waals surface area contributed by atoms with Crippen LogP contribution in [0.25, 0.3) is 0 Å². The minimum atomic E-state index is -1.03. The molecule has 6 heteroatoms. The number of allylic oxidation sites excluding steroid dienone is 2. The van der Waals surface area contributed by atoms with Gasteiger partial charge in [-0.1, -0.05) is 23.8 Å². The maximum absolute atomic E-state index is 12.8. The highest BCUT2D eigenvalue weighted by Gasteiger charge is 2.48. The number of hydrogen-bond acceptors (Lipinski definition) is 3. The summed E-state index contributed by atoms with van der Waals surface area (Å²) in [6, 6.07) is 4.20. The van der Waals surface area contributed by atoms with Crippen molar-refractivity contribution < 1.29 is 19.4 Å². The third-order valence-corrected chi connectivity index (χ3v) is 4.58. The fraction of sp³-hybridized carbons (Fsp3) is 0.444. The highest BCUT2D eigenvalue weighted by atomic mass is 35.5. The van der Waals surface area contributed by atoms with Crippen LogP contribution in [0.15, 0.2) is 30.4 Å². The molecule has 0 radical (unpaired) electrons. The minimum absolute atomic E-state index is 0.0570. The number of hydrogen-bond donors (Lipinski definition) is 1. The largest absolute Gasteiger partial charge is 0.480 e. The van der Waals surface area contributed by atoms with Gasteiger partial charge in [0.2, 0.25) is 0 Å². The van der Waals surface area contributed by atoms with Crippen molar-refractivity contribution in [1.82, 2.24) is 0 Å². The SMILES string of the molecule is CC(C)(C)OC(=O)N1c2ccc(Cl)cc2[C@H]2C=CC[C@H]2[C@H]1C(=O)O. The van der Waals surface area contributed by atoms with E-state index in [0.717, 1.165) is 5.56 Å². The number of benzene rings is 1. The lowest BCUT2D eigenvalue weighted by atomic mass is 9.78. The van der Waals surface area contributed by atoms with Crippen molar-refractivity contribution >= 4 is 29.4 Å². The smallest absolute Gasteiger partial charge is 0.415 e. The molecule has 0 saturated carbocycles. The molecule has 1 aromatic carbocycles. The number of fused-ring (bicyclic) bond motifs is 3. The van der Waals surface area contributed by atoms with E-state index in [9.17, 15) is 14.7 Å². The molecule has 1 N–H and O–H groups in total. The summed E-state index contributed by atoms with van der Waals surface area (Å²) in [6.45, 7) is 5.27. The third kappa shape index (κ3) is 2.88. The van der Waals surface area contributed by atoms with Crippen molar-refractivity contribution in [2.45, 2.75) is 44.8 Å². The lowest BCUT2D eigenvalue weighted by molar-refractivity contribution is -0.140. The molecule has 0 bridgehead atoms. The van der Waals surface area contributed by atoms with Gasteiger partial charge in [0, 0.05) is 16.9 Å². The van der Waals surface area contributed by atoms with Crippen LogP contribution in [0.3, 0.4) is 0 Å². The van der Waals surface area contributed by atoms with Gasteiger partial charge in [0.1, 0.15) is 11.6 Å². The predicted octanol–water partition coefficient (Wildman–Crippen LogP) is 4.21. The molecule has 0 spiro atoms. The van der Waals surface area contributed by atoms with Crippen LogP contribution < -0.4 is 4.90 Å². The zero-order chi connectivity index (χ0) is 17.6.